The number of rotatable bonds is 17. The van der Waals surface area contributed by atoms with Crippen molar-refractivity contribution in [2.45, 2.75) is 175 Å². The Morgan fingerprint density at radius 3 is 2.14 bits per heavy atom. The summed E-state index contributed by atoms with van der Waals surface area (Å²) in [5.74, 6) is -1.67. The maximum atomic E-state index is 14.4. The third kappa shape index (κ3) is 15.5. The Balaban J connectivity index is 1.71. The molecular formula is C44H70N5O9. The Bertz CT molecular complexity index is 1540. The molecule has 14 heteroatoms. The van der Waals surface area contributed by atoms with Crippen molar-refractivity contribution in [1.82, 2.24) is 25.9 Å². The van der Waals surface area contributed by atoms with Crippen LogP contribution in [0.15, 0.2) is 42.5 Å². The molecule has 2 aliphatic heterocycles. The van der Waals surface area contributed by atoms with Gasteiger partial charge in [-0.05, 0) is 112 Å². The number of alkyl carbamates (subject to hydrolysis) is 2. The Kier molecular flexibility index (Phi) is 17.6. The van der Waals surface area contributed by atoms with Crippen molar-refractivity contribution in [1.29, 1.82) is 0 Å². The largest absolute Gasteiger partial charge is 0.461 e. The highest BCUT2D eigenvalue weighted by atomic mass is 16.6. The van der Waals surface area contributed by atoms with Crippen molar-refractivity contribution in [3.05, 3.63) is 48.0 Å². The van der Waals surface area contributed by atoms with Crippen molar-refractivity contribution in [3.8, 4) is 0 Å². The Labute approximate surface area is 346 Å². The highest BCUT2D eigenvalue weighted by molar-refractivity contribution is 5.92. The van der Waals surface area contributed by atoms with E-state index < -0.39 is 71.0 Å². The second kappa shape index (κ2) is 21.2. The molecule has 1 aromatic carbocycles. The van der Waals surface area contributed by atoms with E-state index in [2.05, 4.69) is 29.8 Å². The summed E-state index contributed by atoms with van der Waals surface area (Å²) in [7, 11) is 0. The molecule has 0 saturated carbocycles. The van der Waals surface area contributed by atoms with Gasteiger partial charge in [-0.15, -0.1) is 10.3 Å². The Morgan fingerprint density at radius 1 is 0.914 bits per heavy atom. The summed E-state index contributed by atoms with van der Waals surface area (Å²) in [5.41, 5.74) is -1.10. The van der Waals surface area contributed by atoms with Crippen LogP contribution in [0.4, 0.5) is 9.59 Å². The van der Waals surface area contributed by atoms with E-state index in [1.807, 2.05) is 70.2 Å². The molecule has 2 saturated heterocycles. The minimum atomic E-state index is -1.01. The number of hydrogen-bond donors (Lipinski definition) is 3. The smallest absolute Gasteiger partial charge is 0.408 e. The maximum absolute atomic E-state index is 14.4. The molecule has 3 rings (SSSR count). The average Bonchev–Trinajstić information content (AvgIpc) is 3.59. The lowest BCUT2D eigenvalue weighted by Crippen LogP contribution is -2.60. The molecule has 0 bridgehead atoms. The molecule has 0 aliphatic carbocycles. The monoisotopic (exact) mass is 813 g/mol. The third-order valence-corrected chi connectivity index (χ3v) is 10.2. The SMILES string of the molecule is CC(C)C[C@@H](/C=C/[C@H](Cc1ccccc1)C(=O)N1CCC[C@H]1C(=O)N[C@@H](CCCNC(=O)OC1CC(C)(C)N([O])C(C)(C)C1)C(=O)OC(C)C)NC(=O)OC(C)(C)C. The average molecular weight is 813 g/mol. The minimum absolute atomic E-state index is 0.175. The van der Waals surface area contributed by atoms with Crippen LogP contribution in [0.5, 0.6) is 0 Å². The summed E-state index contributed by atoms with van der Waals surface area (Å²) in [6.45, 7) is 20.8. The van der Waals surface area contributed by atoms with Crippen molar-refractivity contribution in [3.63, 3.8) is 0 Å². The first-order valence-electron chi connectivity index (χ1n) is 20.9. The fourth-order valence-electron chi connectivity index (χ4n) is 7.82. The molecule has 325 valence electrons. The lowest BCUT2D eigenvalue weighted by Gasteiger charge is -2.49. The van der Waals surface area contributed by atoms with Crippen LogP contribution in [0, 0.1) is 11.8 Å². The number of ether oxygens (including phenoxy) is 3. The first kappa shape index (κ1) is 48.2. The van der Waals surface area contributed by atoms with E-state index in [1.54, 1.807) is 39.5 Å². The van der Waals surface area contributed by atoms with E-state index in [9.17, 15) is 29.2 Å². The van der Waals surface area contributed by atoms with Crippen LogP contribution < -0.4 is 16.0 Å². The van der Waals surface area contributed by atoms with E-state index in [1.165, 1.54) is 0 Å². The number of nitrogens with one attached hydrogen (secondary N) is 3. The van der Waals surface area contributed by atoms with E-state index in [4.69, 9.17) is 14.2 Å². The summed E-state index contributed by atoms with van der Waals surface area (Å²) in [6.07, 6.45) is 5.00. The highest BCUT2D eigenvalue weighted by Gasteiger charge is 2.47. The van der Waals surface area contributed by atoms with Gasteiger partial charge in [0.2, 0.25) is 11.8 Å². The molecule has 2 aliphatic rings. The number of esters is 1. The van der Waals surface area contributed by atoms with Crippen molar-refractivity contribution >= 4 is 30.0 Å². The molecule has 0 unspecified atom stereocenters. The molecule has 4 atom stereocenters. The number of carbonyl (C=O) groups excluding carboxylic acids is 5. The highest BCUT2D eigenvalue weighted by Crippen LogP contribution is 2.38. The number of nitrogens with zero attached hydrogens (tertiary/aromatic N) is 2. The molecule has 1 aromatic rings. The fraction of sp³-hybridized carbons (Fsp3) is 0.705. The van der Waals surface area contributed by atoms with Gasteiger partial charge in [-0.2, -0.15) is 0 Å². The second-order valence-electron chi connectivity index (χ2n) is 18.7. The summed E-state index contributed by atoms with van der Waals surface area (Å²) in [4.78, 5) is 68.6. The Morgan fingerprint density at radius 2 is 1.55 bits per heavy atom. The number of carbonyl (C=O) groups is 5. The Hall–Kier alpha value is -4.17. The van der Waals surface area contributed by atoms with Crippen molar-refractivity contribution in [2.75, 3.05) is 13.1 Å². The van der Waals surface area contributed by atoms with Crippen LogP contribution in [0.1, 0.15) is 127 Å². The van der Waals surface area contributed by atoms with Crippen LogP contribution in [0.3, 0.4) is 0 Å². The minimum Gasteiger partial charge on any atom is -0.461 e. The zero-order valence-electron chi connectivity index (χ0n) is 36.7. The molecule has 2 heterocycles. The maximum Gasteiger partial charge on any atom is 0.408 e. The molecule has 1 radical (unpaired) electrons. The van der Waals surface area contributed by atoms with E-state index in [-0.39, 0.29) is 30.8 Å². The van der Waals surface area contributed by atoms with Crippen LogP contribution in [0.2, 0.25) is 0 Å². The normalized spacial score (nSPS) is 20.0. The third-order valence-electron chi connectivity index (χ3n) is 10.2. The molecular weight excluding hydrogens is 743 g/mol. The molecule has 0 spiro atoms. The molecule has 0 aromatic heterocycles. The molecule has 3 N–H and O–H groups in total. The van der Waals surface area contributed by atoms with Crippen LogP contribution in [-0.4, -0.2) is 100 Å². The number of hydrogen-bond acceptors (Lipinski definition) is 9. The molecule has 2 fully saturated rings. The van der Waals surface area contributed by atoms with Crippen LogP contribution in [-0.2, 0) is 40.2 Å². The zero-order chi connectivity index (χ0) is 43.4. The first-order valence-corrected chi connectivity index (χ1v) is 20.9. The quantitative estimate of drug-likeness (QED) is 0.0674. The number of piperidine rings is 1. The topological polar surface area (TPSA) is 176 Å². The van der Waals surface area contributed by atoms with Gasteiger partial charge in [-0.1, -0.05) is 56.3 Å². The second-order valence-corrected chi connectivity index (χ2v) is 18.7. The number of benzene rings is 1. The standard InChI is InChI=1S/C44H70N5O9/c1-29(2)25-33(46-41(54)58-42(5,6)7)22-21-32(26-31-17-13-12-14-18-31)38(51)48-24-16-20-36(48)37(50)47-35(39(52)56-30(3)4)19-15-23-45-40(53)57-34-27-43(8,9)49(55)44(10,11)28-34/h12-14,17-18,21-22,29-30,32-36H,15-16,19-20,23-28H2,1-11H3,(H,45,53)(H,46,54)(H,47,50)/b22-21+/t32-,33-,35+,36+/m1/s1. The summed E-state index contributed by atoms with van der Waals surface area (Å²) < 4.78 is 16.7. The predicted molar refractivity (Wildman–Crippen MR) is 221 cm³/mol. The van der Waals surface area contributed by atoms with Crippen molar-refractivity contribution < 1.29 is 43.4 Å². The van der Waals surface area contributed by atoms with Crippen LogP contribution in [0.25, 0.3) is 0 Å². The number of hydroxylamine groups is 2. The first-order chi connectivity index (χ1) is 27.0. The molecule has 14 nitrogen and oxygen atoms in total. The lowest BCUT2D eigenvalue weighted by atomic mass is 9.80. The zero-order valence-corrected chi connectivity index (χ0v) is 36.7. The van der Waals surface area contributed by atoms with Gasteiger partial charge >= 0.3 is 18.2 Å². The predicted octanol–water partition coefficient (Wildman–Crippen LogP) is 6.64. The van der Waals surface area contributed by atoms with Gasteiger partial charge < -0.3 is 35.1 Å². The molecule has 58 heavy (non-hydrogen) atoms. The summed E-state index contributed by atoms with van der Waals surface area (Å²) >= 11 is 0. The van der Waals surface area contributed by atoms with Crippen LogP contribution >= 0.6 is 0 Å². The van der Waals surface area contributed by atoms with E-state index in [0.717, 1.165) is 10.6 Å². The summed E-state index contributed by atoms with van der Waals surface area (Å²) in [5, 5.41) is 22.3. The van der Waals surface area contributed by atoms with Gasteiger partial charge in [-0.25, -0.2) is 14.4 Å². The van der Waals surface area contributed by atoms with E-state index >= 15 is 0 Å². The van der Waals surface area contributed by atoms with Gasteiger partial charge in [0, 0.05) is 37.0 Å². The van der Waals surface area contributed by atoms with Gasteiger partial charge in [0.1, 0.15) is 23.8 Å². The fourth-order valence-corrected chi connectivity index (χ4v) is 7.82. The number of likely N-dealkylation sites (tertiary alicyclic amines) is 1. The van der Waals surface area contributed by atoms with Gasteiger partial charge in [0.05, 0.1) is 18.1 Å². The molecule has 4 amide bonds. The lowest BCUT2D eigenvalue weighted by molar-refractivity contribution is -0.298. The van der Waals surface area contributed by atoms with Gasteiger partial charge in [0.25, 0.3) is 0 Å². The van der Waals surface area contributed by atoms with Gasteiger partial charge in [-0.3, -0.25) is 9.59 Å². The van der Waals surface area contributed by atoms with Crippen molar-refractivity contribution in [2.24, 2.45) is 11.8 Å². The van der Waals surface area contributed by atoms with Gasteiger partial charge in [0.15, 0.2) is 0 Å². The summed E-state index contributed by atoms with van der Waals surface area (Å²) in [6, 6.07) is 7.42. The number of amides is 4. The van der Waals surface area contributed by atoms with E-state index in [0.29, 0.717) is 51.5 Å².